The van der Waals surface area contributed by atoms with Crippen molar-refractivity contribution in [2.45, 2.75) is 23.2 Å². The predicted octanol–water partition coefficient (Wildman–Crippen LogP) is -2.61. The summed E-state index contributed by atoms with van der Waals surface area (Å²) >= 11 is 3.51. The van der Waals surface area contributed by atoms with Gasteiger partial charge in [0.2, 0.25) is 11.0 Å². The lowest BCUT2D eigenvalue weighted by Gasteiger charge is -2.49. The third kappa shape index (κ3) is 4.95. The van der Waals surface area contributed by atoms with Crippen molar-refractivity contribution in [1.82, 2.24) is 56.1 Å². The number of nitrogens with zero attached hydrogens (tertiary/aromatic N) is 10. The molecular formula is C16H16N14O5S3. The number of hydrogen-bond acceptors (Lipinski definition) is 17. The molecule has 19 nitrogen and oxygen atoms in total. The molecule has 2 aliphatic heterocycles. The molecule has 3 aromatic heterocycles. The van der Waals surface area contributed by atoms with Gasteiger partial charge < -0.3 is 26.8 Å². The molecule has 0 saturated carbocycles. The molecule has 2 aliphatic rings. The van der Waals surface area contributed by atoms with E-state index in [2.05, 4.69) is 51.6 Å². The molecule has 7 N–H and O–H groups in total. The van der Waals surface area contributed by atoms with E-state index in [4.69, 9.17) is 16.4 Å². The van der Waals surface area contributed by atoms with Crippen LogP contribution < -0.4 is 16.9 Å². The summed E-state index contributed by atoms with van der Waals surface area (Å²) in [6, 6.07) is -1.01. The molecule has 5 heterocycles. The second-order valence-electron chi connectivity index (χ2n) is 7.43. The number of carboxylic acids is 1. The van der Waals surface area contributed by atoms with E-state index < -0.39 is 29.2 Å². The van der Waals surface area contributed by atoms with Gasteiger partial charge >= 0.3 is 5.97 Å². The first-order valence-electron chi connectivity index (χ1n) is 10.3. The Morgan fingerprint density at radius 1 is 1.39 bits per heavy atom. The van der Waals surface area contributed by atoms with E-state index in [0.717, 1.165) is 32.8 Å². The first-order valence-corrected chi connectivity index (χ1v) is 13.3. The molecule has 2 atom stereocenters. The molecular weight excluding hydrogens is 564 g/mol. The van der Waals surface area contributed by atoms with Crippen molar-refractivity contribution in [2.75, 3.05) is 23.1 Å². The van der Waals surface area contributed by atoms with Crippen LogP contribution in [0.3, 0.4) is 0 Å². The zero-order valence-electron chi connectivity index (χ0n) is 18.8. The third-order valence-electron chi connectivity index (χ3n) is 5.09. The van der Waals surface area contributed by atoms with Gasteiger partial charge in [0.15, 0.2) is 17.5 Å². The van der Waals surface area contributed by atoms with Crippen LogP contribution in [0, 0.1) is 0 Å². The largest absolute Gasteiger partial charge is 0.477 e. The second-order valence-corrected chi connectivity index (χ2v) is 10.4. The highest BCUT2D eigenvalue weighted by Gasteiger charge is 2.54. The van der Waals surface area contributed by atoms with E-state index in [1.807, 2.05) is 0 Å². The molecule has 0 spiro atoms. The van der Waals surface area contributed by atoms with E-state index in [-0.39, 0.29) is 45.6 Å². The van der Waals surface area contributed by atoms with Crippen molar-refractivity contribution >= 4 is 63.5 Å². The number of aliphatic carboxylic acids is 1. The van der Waals surface area contributed by atoms with E-state index in [1.54, 1.807) is 0 Å². The molecule has 0 unspecified atom stereocenters. The number of nitrogens with one attached hydrogen (secondary N) is 2. The van der Waals surface area contributed by atoms with Crippen LogP contribution in [0.25, 0.3) is 0 Å². The Morgan fingerprint density at radius 2 is 2.24 bits per heavy atom. The highest BCUT2D eigenvalue weighted by molar-refractivity contribution is 8.01. The van der Waals surface area contributed by atoms with Crippen LogP contribution in [0.5, 0.6) is 0 Å². The van der Waals surface area contributed by atoms with Crippen LogP contribution in [0.2, 0.25) is 0 Å². The molecule has 0 aliphatic carbocycles. The minimum Gasteiger partial charge on any atom is -0.477 e. The minimum absolute atomic E-state index is 0.130. The van der Waals surface area contributed by atoms with E-state index in [1.165, 1.54) is 17.1 Å². The molecule has 0 aromatic carbocycles. The minimum atomic E-state index is -1.27. The highest BCUT2D eigenvalue weighted by Crippen LogP contribution is 2.41. The number of oxime groups is 1. The Bertz CT molecular complexity index is 1430. The van der Waals surface area contributed by atoms with Gasteiger partial charge in [-0.15, -0.1) is 38.1 Å². The summed E-state index contributed by atoms with van der Waals surface area (Å²) in [5.74, 6) is 3.65. The van der Waals surface area contributed by atoms with Gasteiger partial charge in [0.1, 0.15) is 22.8 Å². The number of tetrazole rings is 2. The first-order chi connectivity index (χ1) is 18.3. The lowest BCUT2D eigenvalue weighted by atomic mass is 10.0. The maximum atomic E-state index is 13.1. The number of amides is 2. The fourth-order valence-electron chi connectivity index (χ4n) is 3.44. The van der Waals surface area contributed by atoms with Crippen molar-refractivity contribution in [3.05, 3.63) is 28.2 Å². The number of thiazole rings is 1. The average Bonchev–Trinajstić information content (AvgIpc) is 3.66. The molecule has 1 saturated heterocycles. The SMILES string of the molecule is Nc1nc(C(=NOCc2nn[nH]n2)C(=O)N[C@@H]2C(=O)N3C(C(=O)O)=C(CSc4nnnn4N)CS[C@@H]23)cs1. The number of aromatic amines is 1. The Morgan fingerprint density at radius 3 is 2.89 bits per heavy atom. The highest BCUT2D eigenvalue weighted by atomic mass is 32.2. The van der Waals surface area contributed by atoms with E-state index in [0.29, 0.717) is 11.3 Å². The Balaban J connectivity index is 1.30. The van der Waals surface area contributed by atoms with Gasteiger partial charge in [0, 0.05) is 16.9 Å². The topological polar surface area (TPSA) is 271 Å². The van der Waals surface area contributed by atoms with Gasteiger partial charge in [-0.25, -0.2) is 9.78 Å². The van der Waals surface area contributed by atoms with Crippen molar-refractivity contribution in [1.29, 1.82) is 0 Å². The number of anilines is 1. The van der Waals surface area contributed by atoms with Crippen molar-refractivity contribution < 1.29 is 24.3 Å². The molecule has 22 heteroatoms. The molecule has 2 amide bonds. The number of fused-ring (bicyclic) bond motifs is 1. The van der Waals surface area contributed by atoms with Crippen LogP contribution in [-0.2, 0) is 25.8 Å². The maximum Gasteiger partial charge on any atom is 0.352 e. The number of carbonyl (C=O) groups excluding carboxylic acids is 2. The van der Waals surface area contributed by atoms with Gasteiger partial charge in [0.05, 0.1) is 0 Å². The number of β-lactam (4-membered cyclic amide) rings is 1. The van der Waals surface area contributed by atoms with Crippen LogP contribution in [0.4, 0.5) is 5.13 Å². The van der Waals surface area contributed by atoms with Gasteiger partial charge in [-0.3, -0.25) is 14.5 Å². The molecule has 198 valence electrons. The van der Waals surface area contributed by atoms with Gasteiger partial charge in [-0.1, -0.05) is 27.2 Å². The van der Waals surface area contributed by atoms with Gasteiger partial charge in [-0.2, -0.15) is 5.21 Å². The summed E-state index contributed by atoms with van der Waals surface area (Å²) in [5.41, 5.74) is 5.92. The standard InChI is InChI=1S/C16H16N14O5S3/c17-15-19-6(4-37-15)8(24-35-1-7-21-25-26-22-7)11(31)20-9-12(32)29-10(14(33)34)5(2-36-13(9)29)3-38-16-23-27-28-30(16)18/h4,9,13H,1-3,18H2,(H2,17,19)(H,20,31)(H,33,34)(H,21,22,25,26)/t9-,13+/m1/s1. The Labute approximate surface area is 223 Å². The van der Waals surface area contributed by atoms with Crippen LogP contribution in [0.15, 0.2) is 27.0 Å². The normalized spacial score (nSPS) is 19.2. The van der Waals surface area contributed by atoms with Crippen LogP contribution in [-0.4, -0.2) is 102 Å². The number of nitrogens with two attached hydrogens (primary N) is 2. The fourth-order valence-corrected chi connectivity index (χ4v) is 6.26. The first kappa shape index (κ1) is 25.3. The smallest absolute Gasteiger partial charge is 0.352 e. The monoisotopic (exact) mass is 580 g/mol. The summed E-state index contributed by atoms with van der Waals surface area (Å²) in [7, 11) is 0. The number of carbonyl (C=O) groups is 3. The average molecular weight is 581 g/mol. The Kier molecular flexibility index (Phi) is 7.06. The summed E-state index contributed by atoms with van der Waals surface area (Å²) in [6.45, 7) is -0.189. The molecule has 1 fully saturated rings. The summed E-state index contributed by atoms with van der Waals surface area (Å²) in [6.07, 6.45) is 0. The second kappa shape index (κ2) is 10.6. The number of carboxylic acid groups (broad SMARTS) is 1. The number of nitrogen functional groups attached to an aromatic ring is 2. The zero-order chi connectivity index (χ0) is 26.8. The molecule has 5 rings (SSSR count). The van der Waals surface area contributed by atoms with Crippen molar-refractivity contribution in [3.8, 4) is 0 Å². The quantitative estimate of drug-likeness (QED) is 0.0540. The summed E-state index contributed by atoms with van der Waals surface area (Å²) in [5, 5.41) is 41.4. The predicted molar refractivity (Wildman–Crippen MR) is 130 cm³/mol. The molecule has 3 aromatic rings. The number of thioether (sulfide) groups is 2. The number of hydrogen-bond donors (Lipinski definition) is 5. The summed E-state index contributed by atoms with van der Waals surface area (Å²) in [4.78, 5) is 49.5. The lowest BCUT2D eigenvalue weighted by molar-refractivity contribution is -0.150. The van der Waals surface area contributed by atoms with E-state index >= 15 is 0 Å². The van der Waals surface area contributed by atoms with Crippen molar-refractivity contribution in [2.24, 2.45) is 5.16 Å². The molecule has 38 heavy (non-hydrogen) atoms. The maximum absolute atomic E-state index is 13.1. The fraction of sp³-hybridized carbons (Fsp3) is 0.312. The molecule has 0 radical (unpaired) electrons. The third-order valence-corrected chi connectivity index (χ3v) is 8.13. The molecule has 0 bridgehead atoms. The number of rotatable bonds is 10. The van der Waals surface area contributed by atoms with Crippen LogP contribution >= 0.6 is 34.9 Å². The Hall–Kier alpha value is -4.31. The van der Waals surface area contributed by atoms with E-state index in [9.17, 15) is 19.5 Å². The lowest BCUT2D eigenvalue weighted by Crippen LogP contribution is -2.71. The summed E-state index contributed by atoms with van der Waals surface area (Å²) < 4.78 is 0. The zero-order valence-corrected chi connectivity index (χ0v) is 21.2. The van der Waals surface area contributed by atoms with Crippen molar-refractivity contribution in [3.63, 3.8) is 0 Å². The van der Waals surface area contributed by atoms with Crippen LogP contribution in [0.1, 0.15) is 11.5 Å². The van der Waals surface area contributed by atoms with Gasteiger partial charge in [-0.05, 0) is 16.0 Å². The van der Waals surface area contributed by atoms with Gasteiger partial charge in [0.25, 0.3) is 11.8 Å². The number of aromatic nitrogens is 9. The number of H-pyrrole nitrogens is 1.